The van der Waals surface area contributed by atoms with E-state index in [2.05, 4.69) is 4.98 Å². The summed E-state index contributed by atoms with van der Waals surface area (Å²) in [5.74, 6) is 0.237. The van der Waals surface area contributed by atoms with Gasteiger partial charge in [-0.05, 0) is 37.0 Å². The Morgan fingerprint density at radius 3 is 3.00 bits per heavy atom. The Morgan fingerprint density at radius 1 is 1.40 bits per heavy atom. The van der Waals surface area contributed by atoms with Crippen molar-refractivity contribution < 1.29 is 4.79 Å². The summed E-state index contributed by atoms with van der Waals surface area (Å²) >= 11 is 6.01. The molecule has 1 heterocycles. The lowest BCUT2D eigenvalue weighted by Crippen LogP contribution is -2.04. The highest BCUT2D eigenvalue weighted by molar-refractivity contribution is 6.31. The summed E-state index contributed by atoms with van der Waals surface area (Å²) < 4.78 is 0. The van der Waals surface area contributed by atoms with Crippen LogP contribution >= 0.6 is 11.6 Å². The summed E-state index contributed by atoms with van der Waals surface area (Å²) in [6.45, 7) is 0. The molecule has 0 saturated heterocycles. The lowest BCUT2D eigenvalue weighted by atomic mass is 9.94. The van der Waals surface area contributed by atoms with E-state index in [0.717, 1.165) is 24.8 Å². The van der Waals surface area contributed by atoms with Gasteiger partial charge in [0.15, 0.2) is 5.78 Å². The van der Waals surface area contributed by atoms with E-state index in [0.29, 0.717) is 11.4 Å². The summed E-state index contributed by atoms with van der Waals surface area (Å²) in [5.41, 5.74) is 2.23. The van der Waals surface area contributed by atoms with Gasteiger partial charge in [-0.1, -0.05) is 17.2 Å². The molecule has 1 aliphatic rings. The van der Waals surface area contributed by atoms with Crippen LogP contribution < -0.4 is 0 Å². The second-order valence-corrected chi connectivity index (χ2v) is 4.17. The maximum absolute atomic E-state index is 11.2. The first kappa shape index (κ1) is 10.4. The van der Waals surface area contributed by atoms with E-state index in [1.807, 2.05) is 6.07 Å². The van der Waals surface area contributed by atoms with Gasteiger partial charge < -0.3 is 0 Å². The minimum Gasteiger partial charge on any atom is -0.295 e. The van der Waals surface area contributed by atoms with Crippen molar-refractivity contribution in [2.24, 2.45) is 0 Å². The van der Waals surface area contributed by atoms with E-state index in [1.54, 1.807) is 18.5 Å². The molecule has 0 N–H and O–H groups in total. The number of rotatable bonds is 2. The van der Waals surface area contributed by atoms with E-state index in [4.69, 9.17) is 11.6 Å². The molecule has 1 aromatic heterocycles. The zero-order valence-electron chi connectivity index (χ0n) is 8.37. The number of hydrogen-bond donors (Lipinski definition) is 0. The Labute approximate surface area is 94.0 Å². The first-order chi connectivity index (χ1) is 7.25. The summed E-state index contributed by atoms with van der Waals surface area (Å²) in [6, 6.07) is 1.91. The molecule has 0 radical (unpaired) electrons. The zero-order chi connectivity index (χ0) is 10.7. The van der Waals surface area contributed by atoms with Gasteiger partial charge in [-0.25, -0.2) is 0 Å². The van der Waals surface area contributed by atoms with Crippen LogP contribution in [-0.4, -0.2) is 10.8 Å². The molecular formula is C12H12ClNO. The Morgan fingerprint density at radius 2 is 2.27 bits per heavy atom. The van der Waals surface area contributed by atoms with Crippen LogP contribution in [0.25, 0.3) is 0 Å². The van der Waals surface area contributed by atoms with Crippen molar-refractivity contribution in [2.75, 3.05) is 0 Å². The molecule has 0 amide bonds. The predicted octanol–water partition coefficient (Wildman–Crippen LogP) is 2.96. The standard InChI is InChI=1S/C12H12ClNO/c13-12-8-14-5-4-10(12)6-9-2-1-3-11(15)7-9/h4-5,7-8H,1-3,6H2. The van der Waals surface area contributed by atoms with Gasteiger partial charge in [0.1, 0.15) is 0 Å². The van der Waals surface area contributed by atoms with Crippen LogP contribution in [0.2, 0.25) is 5.02 Å². The molecule has 0 spiro atoms. The van der Waals surface area contributed by atoms with Gasteiger partial charge in [-0.15, -0.1) is 0 Å². The van der Waals surface area contributed by atoms with E-state index in [1.165, 1.54) is 5.57 Å². The first-order valence-electron chi connectivity index (χ1n) is 5.06. The maximum Gasteiger partial charge on any atom is 0.155 e. The number of carbonyl (C=O) groups excluding carboxylic acids is 1. The van der Waals surface area contributed by atoms with Crippen LogP contribution in [0.5, 0.6) is 0 Å². The molecule has 0 atom stereocenters. The number of nitrogens with zero attached hydrogens (tertiary/aromatic N) is 1. The van der Waals surface area contributed by atoms with Crippen molar-refractivity contribution in [1.82, 2.24) is 4.98 Å². The maximum atomic E-state index is 11.2. The van der Waals surface area contributed by atoms with Crippen LogP contribution in [0.3, 0.4) is 0 Å². The van der Waals surface area contributed by atoms with E-state index in [-0.39, 0.29) is 5.78 Å². The van der Waals surface area contributed by atoms with Crippen molar-refractivity contribution in [1.29, 1.82) is 0 Å². The minimum atomic E-state index is 0.237. The monoisotopic (exact) mass is 221 g/mol. The summed E-state index contributed by atoms with van der Waals surface area (Å²) in [6.07, 6.45) is 8.56. The summed E-state index contributed by atoms with van der Waals surface area (Å²) in [7, 11) is 0. The number of aromatic nitrogens is 1. The summed E-state index contributed by atoms with van der Waals surface area (Å²) in [5, 5.41) is 0.677. The molecular weight excluding hydrogens is 210 g/mol. The Kier molecular flexibility index (Phi) is 3.17. The number of carbonyl (C=O) groups is 1. The van der Waals surface area contributed by atoms with Gasteiger partial charge in [-0.3, -0.25) is 9.78 Å². The van der Waals surface area contributed by atoms with Crippen LogP contribution in [-0.2, 0) is 11.2 Å². The molecule has 0 unspecified atom stereocenters. The quantitative estimate of drug-likeness (QED) is 0.769. The normalized spacial score (nSPS) is 16.3. The highest BCUT2D eigenvalue weighted by Crippen LogP contribution is 2.23. The largest absolute Gasteiger partial charge is 0.295 e. The van der Waals surface area contributed by atoms with E-state index >= 15 is 0 Å². The van der Waals surface area contributed by atoms with E-state index in [9.17, 15) is 4.79 Å². The Hall–Kier alpha value is -1.15. The number of ketones is 1. The van der Waals surface area contributed by atoms with Crippen LogP contribution in [0.4, 0.5) is 0 Å². The van der Waals surface area contributed by atoms with Gasteiger partial charge in [0.05, 0.1) is 5.02 Å². The minimum absolute atomic E-state index is 0.237. The van der Waals surface area contributed by atoms with Crippen molar-refractivity contribution in [3.8, 4) is 0 Å². The molecule has 0 aromatic carbocycles. The van der Waals surface area contributed by atoms with Crippen LogP contribution in [0, 0.1) is 0 Å². The number of allylic oxidation sites excluding steroid dienone is 2. The molecule has 1 aromatic rings. The molecule has 0 fully saturated rings. The molecule has 15 heavy (non-hydrogen) atoms. The first-order valence-corrected chi connectivity index (χ1v) is 5.44. The highest BCUT2D eigenvalue weighted by Gasteiger charge is 2.11. The van der Waals surface area contributed by atoms with Gasteiger partial charge >= 0.3 is 0 Å². The average Bonchev–Trinajstić information content (AvgIpc) is 2.22. The molecule has 78 valence electrons. The third kappa shape index (κ3) is 2.66. The molecule has 0 aliphatic heterocycles. The SMILES string of the molecule is O=C1C=C(Cc2ccncc2Cl)CCC1. The highest BCUT2D eigenvalue weighted by atomic mass is 35.5. The second-order valence-electron chi connectivity index (χ2n) is 3.77. The molecule has 1 aliphatic carbocycles. The Bertz CT molecular complexity index is 412. The van der Waals surface area contributed by atoms with Gasteiger partial charge in [0, 0.05) is 18.8 Å². The van der Waals surface area contributed by atoms with Crippen molar-refractivity contribution in [3.63, 3.8) is 0 Å². The van der Waals surface area contributed by atoms with Gasteiger partial charge in [-0.2, -0.15) is 0 Å². The van der Waals surface area contributed by atoms with Gasteiger partial charge in [0.2, 0.25) is 0 Å². The molecule has 2 rings (SSSR count). The zero-order valence-corrected chi connectivity index (χ0v) is 9.13. The molecule has 0 saturated carbocycles. The number of hydrogen-bond acceptors (Lipinski definition) is 2. The predicted molar refractivity (Wildman–Crippen MR) is 59.9 cm³/mol. The average molecular weight is 222 g/mol. The second kappa shape index (κ2) is 4.58. The number of pyridine rings is 1. The third-order valence-corrected chi connectivity index (χ3v) is 2.90. The third-order valence-electron chi connectivity index (χ3n) is 2.56. The lowest BCUT2D eigenvalue weighted by molar-refractivity contribution is -0.115. The summed E-state index contributed by atoms with van der Waals surface area (Å²) in [4.78, 5) is 15.2. The topological polar surface area (TPSA) is 30.0 Å². The van der Waals surface area contributed by atoms with Gasteiger partial charge in [0.25, 0.3) is 0 Å². The fourth-order valence-corrected chi connectivity index (χ4v) is 1.98. The lowest BCUT2D eigenvalue weighted by Gasteiger charge is -2.12. The van der Waals surface area contributed by atoms with Crippen LogP contribution in [0.15, 0.2) is 30.1 Å². The van der Waals surface area contributed by atoms with Crippen molar-refractivity contribution in [2.45, 2.75) is 25.7 Å². The van der Waals surface area contributed by atoms with Crippen LogP contribution in [0.1, 0.15) is 24.8 Å². The fraction of sp³-hybridized carbons (Fsp3) is 0.333. The fourth-order valence-electron chi connectivity index (χ4n) is 1.79. The van der Waals surface area contributed by atoms with Crippen molar-refractivity contribution >= 4 is 17.4 Å². The van der Waals surface area contributed by atoms with Crippen molar-refractivity contribution in [3.05, 3.63) is 40.7 Å². The molecule has 3 heteroatoms. The molecule has 2 nitrogen and oxygen atoms in total. The number of halogens is 1. The smallest absolute Gasteiger partial charge is 0.155 e. The van der Waals surface area contributed by atoms with E-state index < -0.39 is 0 Å². The molecule has 0 bridgehead atoms. The Balaban J connectivity index is 2.15.